The maximum atomic E-state index is 8.63. The molecule has 1 aliphatic rings. The Morgan fingerprint density at radius 1 is 1.58 bits per heavy atom. The van der Waals surface area contributed by atoms with Gasteiger partial charge in [0.1, 0.15) is 5.84 Å². The smallest absolute Gasteiger partial charge is 0.139 e. The van der Waals surface area contributed by atoms with Crippen LogP contribution in [0.4, 0.5) is 0 Å². The Bertz CT molecular complexity index is 455. The molecule has 104 valence electrons. The zero-order valence-corrected chi connectivity index (χ0v) is 11.4. The number of nitrogens with two attached hydrogens (primary N) is 1. The molecule has 0 aromatic carbocycles. The fourth-order valence-electron chi connectivity index (χ4n) is 2.41. The molecular formula is C14H22N4O. The second kappa shape index (κ2) is 6.02. The van der Waals surface area contributed by atoms with Crippen LogP contribution in [0, 0.1) is 5.41 Å². The molecule has 4 N–H and O–H groups in total. The van der Waals surface area contributed by atoms with Crippen molar-refractivity contribution < 1.29 is 5.21 Å². The normalized spacial score (nSPS) is 17.4. The summed E-state index contributed by atoms with van der Waals surface area (Å²) < 4.78 is 0. The molecule has 0 bridgehead atoms. The first-order chi connectivity index (χ1) is 9.19. The van der Waals surface area contributed by atoms with E-state index in [1.165, 1.54) is 5.56 Å². The maximum absolute atomic E-state index is 8.63. The van der Waals surface area contributed by atoms with E-state index in [0.29, 0.717) is 12.3 Å². The largest absolute Gasteiger partial charge is 0.409 e. The van der Waals surface area contributed by atoms with E-state index in [9.17, 15) is 0 Å². The summed E-state index contributed by atoms with van der Waals surface area (Å²) >= 11 is 0. The van der Waals surface area contributed by atoms with Crippen molar-refractivity contribution in [1.29, 1.82) is 0 Å². The maximum Gasteiger partial charge on any atom is 0.139 e. The summed E-state index contributed by atoms with van der Waals surface area (Å²) in [4.78, 5) is 4.42. The number of pyridine rings is 1. The Morgan fingerprint density at radius 2 is 2.37 bits per heavy atom. The van der Waals surface area contributed by atoms with Crippen molar-refractivity contribution in [3.8, 4) is 0 Å². The fraction of sp³-hybridized carbons (Fsp3) is 0.571. The summed E-state index contributed by atoms with van der Waals surface area (Å²) in [6.07, 6.45) is 5.77. The summed E-state index contributed by atoms with van der Waals surface area (Å²) in [5.74, 6) is 0.325. The number of rotatable bonds is 7. The van der Waals surface area contributed by atoms with Gasteiger partial charge in [0.05, 0.1) is 5.69 Å². The van der Waals surface area contributed by atoms with Crippen molar-refractivity contribution >= 4 is 5.84 Å². The molecule has 0 amide bonds. The Kier molecular flexibility index (Phi) is 4.37. The van der Waals surface area contributed by atoms with E-state index in [1.54, 1.807) is 0 Å². The van der Waals surface area contributed by atoms with E-state index in [1.807, 2.05) is 12.3 Å². The summed E-state index contributed by atoms with van der Waals surface area (Å²) in [6.45, 7) is 3.81. The van der Waals surface area contributed by atoms with Crippen LogP contribution >= 0.6 is 0 Å². The first-order valence-corrected chi connectivity index (χ1v) is 6.79. The van der Waals surface area contributed by atoms with Gasteiger partial charge in [0.25, 0.3) is 0 Å². The van der Waals surface area contributed by atoms with Gasteiger partial charge >= 0.3 is 0 Å². The topological polar surface area (TPSA) is 83.5 Å². The van der Waals surface area contributed by atoms with Gasteiger partial charge in [0.15, 0.2) is 0 Å². The number of oxime groups is 1. The minimum absolute atomic E-state index is 0.192. The van der Waals surface area contributed by atoms with Crippen LogP contribution in [-0.4, -0.2) is 22.6 Å². The van der Waals surface area contributed by atoms with Gasteiger partial charge in [-0.2, -0.15) is 0 Å². The third kappa shape index (κ3) is 3.67. The molecule has 1 aromatic heterocycles. The average molecular weight is 262 g/mol. The van der Waals surface area contributed by atoms with E-state index < -0.39 is 0 Å². The van der Waals surface area contributed by atoms with Crippen LogP contribution in [0.2, 0.25) is 0 Å². The van der Waals surface area contributed by atoms with E-state index in [-0.39, 0.29) is 5.41 Å². The lowest BCUT2D eigenvalue weighted by atomic mass is 10.0. The van der Waals surface area contributed by atoms with Crippen molar-refractivity contribution in [1.82, 2.24) is 10.3 Å². The van der Waals surface area contributed by atoms with Gasteiger partial charge in [-0.15, -0.1) is 0 Å². The van der Waals surface area contributed by atoms with Gasteiger partial charge in [-0.1, -0.05) is 18.1 Å². The molecule has 0 aliphatic heterocycles. The number of aromatic nitrogens is 1. The lowest BCUT2D eigenvalue weighted by Crippen LogP contribution is -2.28. The Morgan fingerprint density at radius 3 is 3.00 bits per heavy atom. The second-order valence-corrected chi connectivity index (χ2v) is 5.33. The molecule has 0 radical (unpaired) electrons. The van der Waals surface area contributed by atoms with Crippen LogP contribution in [0.3, 0.4) is 0 Å². The van der Waals surface area contributed by atoms with Crippen molar-refractivity contribution in [3.63, 3.8) is 0 Å². The molecule has 5 heteroatoms. The number of nitrogens with one attached hydrogen (secondary N) is 1. The van der Waals surface area contributed by atoms with E-state index in [4.69, 9.17) is 10.9 Å². The van der Waals surface area contributed by atoms with Crippen LogP contribution in [0.1, 0.15) is 37.4 Å². The number of amidine groups is 1. The fourth-order valence-corrected chi connectivity index (χ4v) is 2.41. The van der Waals surface area contributed by atoms with E-state index >= 15 is 0 Å². The molecule has 0 saturated heterocycles. The minimum Gasteiger partial charge on any atom is -0.409 e. The molecular weight excluding hydrogens is 240 g/mol. The predicted molar refractivity (Wildman–Crippen MR) is 75.0 cm³/mol. The quantitative estimate of drug-likeness (QED) is 0.302. The van der Waals surface area contributed by atoms with Gasteiger partial charge in [-0.3, -0.25) is 4.98 Å². The SMILES string of the molecule is CCc1cccnc1CNCC1(C/C(N)=N/O)CC1. The van der Waals surface area contributed by atoms with Gasteiger partial charge < -0.3 is 16.3 Å². The van der Waals surface area contributed by atoms with Crippen LogP contribution in [-0.2, 0) is 13.0 Å². The highest BCUT2D eigenvalue weighted by atomic mass is 16.4. The molecule has 1 heterocycles. The molecule has 0 atom stereocenters. The summed E-state index contributed by atoms with van der Waals surface area (Å²) in [5, 5.41) is 15.1. The second-order valence-electron chi connectivity index (χ2n) is 5.33. The summed E-state index contributed by atoms with van der Waals surface area (Å²) in [7, 11) is 0. The summed E-state index contributed by atoms with van der Waals surface area (Å²) in [5.41, 5.74) is 8.18. The zero-order valence-electron chi connectivity index (χ0n) is 11.4. The highest BCUT2D eigenvalue weighted by molar-refractivity contribution is 5.80. The molecule has 1 aromatic rings. The van der Waals surface area contributed by atoms with Gasteiger partial charge in [0, 0.05) is 25.7 Å². The highest BCUT2D eigenvalue weighted by Gasteiger charge is 2.42. The van der Waals surface area contributed by atoms with Crippen LogP contribution in [0.25, 0.3) is 0 Å². The molecule has 1 saturated carbocycles. The predicted octanol–water partition coefficient (Wildman–Crippen LogP) is 1.65. The first-order valence-electron chi connectivity index (χ1n) is 6.79. The van der Waals surface area contributed by atoms with E-state index in [2.05, 4.69) is 28.4 Å². The number of hydrogen-bond donors (Lipinski definition) is 3. The van der Waals surface area contributed by atoms with E-state index in [0.717, 1.165) is 38.0 Å². The Balaban J connectivity index is 1.84. The standard InChI is InChI=1S/C14H22N4O/c1-2-11-4-3-7-17-12(11)9-16-10-14(5-6-14)8-13(15)18-19/h3-4,7,16,19H,2,5-6,8-10H2,1H3,(H2,15,18). The third-order valence-electron chi connectivity index (χ3n) is 3.80. The van der Waals surface area contributed by atoms with Crippen molar-refractivity contribution in [2.75, 3.05) is 6.54 Å². The number of nitrogens with zero attached hydrogens (tertiary/aromatic N) is 2. The molecule has 1 fully saturated rings. The van der Waals surface area contributed by atoms with Crippen molar-refractivity contribution in [3.05, 3.63) is 29.6 Å². The van der Waals surface area contributed by atoms with Gasteiger partial charge in [-0.25, -0.2) is 0 Å². The molecule has 5 nitrogen and oxygen atoms in total. The number of aryl methyl sites for hydroxylation is 1. The molecule has 2 rings (SSSR count). The average Bonchev–Trinajstić information content (AvgIpc) is 3.19. The molecule has 0 unspecified atom stereocenters. The number of hydrogen-bond acceptors (Lipinski definition) is 4. The van der Waals surface area contributed by atoms with Crippen molar-refractivity contribution in [2.24, 2.45) is 16.3 Å². The Hall–Kier alpha value is -1.62. The minimum atomic E-state index is 0.192. The molecule has 1 aliphatic carbocycles. The van der Waals surface area contributed by atoms with Crippen LogP contribution in [0.15, 0.2) is 23.5 Å². The highest BCUT2D eigenvalue weighted by Crippen LogP contribution is 2.48. The summed E-state index contributed by atoms with van der Waals surface area (Å²) in [6, 6.07) is 4.09. The monoisotopic (exact) mass is 262 g/mol. The first kappa shape index (κ1) is 13.8. The Labute approximate surface area is 113 Å². The lowest BCUT2D eigenvalue weighted by Gasteiger charge is -2.15. The lowest BCUT2D eigenvalue weighted by molar-refractivity contribution is 0.314. The molecule has 19 heavy (non-hydrogen) atoms. The van der Waals surface area contributed by atoms with Crippen LogP contribution in [0.5, 0.6) is 0 Å². The van der Waals surface area contributed by atoms with Gasteiger partial charge in [-0.05, 0) is 36.3 Å². The van der Waals surface area contributed by atoms with Crippen molar-refractivity contribution in [2.45, 2.75) is 39.2 Å². The zero-order chi connectivity index (χ0) is 13.7. The van der Waals surface area contributed by atoms with Crippen LogP contribution < -0.4 is 11.1 Å². The molecule has 0 spiro atoms. The van der Waals surface area contributed by atoms with Gasteiger partial charge in [0.2, 0.25) is 0 Å². The third-order valence-corrected chi connectivity index (χ3v) is 3.80.